The summed E-state index contributed by atoms with van der Waals surface area (Å²) < 4.78 is 10.6. The second-order valence-corrected chi connectivity index (χ2v) is 7.70. The van der Waals surface area contributed by atoms with Crippen molar-refractivity contribution in [2.45, 2.75) is 25.3 Å². The Morgan fingerprint density at radius 2 is 1.90 bits per heavy atom. The number of nitrogens with zero attached hydrogens (tertiary/aromatic N) is 1. The van der Waals surface area contributed by atoms with Crippen LogP contribution in [0.25, 0.3) is 0 Å². The minimum atomic E-state index is -0.0620. The van der Waals surface area contributed by atoms with Crippen LogP contribution in [0.1, 0.15) is 28.8 Å². The van der Waals surface area contributed by atoms with E-state index in [4.69, 9.17) is 9.47 Å². The lowest BCUT2D eigenvalue weighted by Gasteiger charge is -2.32. The molecule has 0 bridgehead atoms. The molecule has 2 aromatic rings. The van der Waals surface area contributed by atoms with Gasteiger partial charge in [0.15, 0.2) is 11.5 Å². The quantitative estimate of drug-likeness (QED) is 0.726. The van der Waals surface area contributed by atoms with Crippen molar-refractivity contribution in [1.29, 1.82) is 0 Å². The maximum atomic E-state index is 12.4. The number of amides is 3. The molecular weight excluding hydrogens is 390 g/mol. The van der Waals surface area contributed by atoms with Crippen molar-refractivity contribution in [2.75, 3.05) is 33.9 Å². The van der Waals surface area contributed by atoms with Crippen molar-refractivity contribution in [3.8, 4) is 11.5 Å². The summed E-state index contributed by atoms with van der Waals surface area (Å²) in [6, 6.07) is 7.62. The molecule has 0 atom stereocenters. The van der Waals surface area contributed by atoms with E-state index in [0.717, 1.165) is 18.4 Å². The minimum absolute atomic E-state index is 0.0379. The highest BCUT2D eigenvalue weighted by atomic mass is 32.1. The van der Waals surface area contributed by atoms with Crippen molar-refractivity contribution in [3.05, 3.63) is 46.2 Å². The first-order chi connectivity index (χ1) is 14.1. The molecule has 0 unspecified atom stereocenters. The first-order valence-corrected chi connectivity index (χ1v) is 10.6. The van der Waals surface area contributed by atoms with Gasteiger partial charge in [-0.2, -0.15) is 11.3 Å². The summed E-state index contributed by atoms with van der Waals surface area (Å²) in [6.45, 7) is 1.82. The fourth-order valence-corrected chi connectivity index (χ4v) is 3.99. The number of hydrogen-bond donors (Lipinski definition) is 2. The number of likely N-dealkylation sites (tertiary alicyclic amines) is 1. The Balaban J connectivity index is 1.39. The number of carbonyl (C=O) groups excluding carboxylic acids is 2. The number of benzene rings is 1. The Labute approximate surface area is 175 Å². The molecule has 2 heterocycles. The van der Waals surface area contributed by atoms with E-state index >= 15 is 0 Å². The Morgan fingerprint density at radius 1 is 1.14 bits per heavy atom. The average molecular weight is 418 g/mol. The molecule has 1 fully saturated rings. The van der Waals surface area contributed by atoms with Crippen molar-refractivity contribution < 1.29 is 19.1 Å². The van der Waals surface area contributed by atoms with Crippen LogP contribution in [0.3, 0.4) is 0 Å². The number of urea groups is 1. The van der Waals surface area contributed by atoms with E-state index < -0.39 is 0 Å². The Hall–Kier alpha value is -2.74. The third-order valence-electron chi connectivity index (χ3n) is 5.04. The van der Waals surface area contributed by atoms with Crippen molar-refractivity contribution >= 4 is 23.3 Å². The second kappa shape index (κ2) is 10.2. The van der Waals surface area contributed by atoms with Gasteiger partial charge in [-0.05, 0) is 48.4 Å². The molecule has 1 aromatic carbocycles. The molecule has 1 aliphatic heterocycles. The van der Waals surface area contributed by atoms with Crippen LogP contribution < -0.4 is 20.1 Å². The zero-order chi connectivity index (χ0) is 20.6. The summed E-state index contributed by atoms with van der Waals surface area (Å²) in [6.07, 6.45) is 2.23. The van der Waals surface area contributed by atoms with Crippen LogP contribution in [-0.2, 0) is 6.42 Å². The fourth-order valence-electron chi connectivity index (χ4n) is 3.35. The molecule has 1 aliphatic rings. The number of hydrogen-bond acceptors (Lipinski definition) is 5. The number of nitrogens with one attached hydrogen (secondary N) is 2. The van der Waals surface area contributed by atoms with E-state index in [1.807, 2.05) is 39.9 Å². The summed E-state index contributed by atoms with van der Waals surface area (Å²) >= 11 is 1.51. The average Bonchev–Trinajstić information content (AvgIpc) is 3.29. The van der Waals surface area contributed by atoms with Gasteiger partial charge in [-0.25, -0.2) is 4.79 Å². The first-order valence-electron chi connectivity index (χ1n) is 9.67. The molecule has 0 spiro atoms. The lowest BCUT2D eigenvalue weighted by molar-refractivity contribution is 0.0918. The van der Waals surface area contributed by atoms with E-state index in [0.29, 0.717) is 43.1 Å². The van der Waals surface area contributed by atoms with E-state index in [1.54, 1.807) is 14.2 Å². The summed E-state index contributed by atoms with van der Waals surface area (Å²) in [5, 5.41) is 9.76. The van der Waals surface area contributed by atoms with Crippen LogP contribution in [-0.4, -0.2) is 56.7 Å². The largest absolute Gasteiger partial charge is 0.493 e. The number of piperidine rings is 1. The van der Waals surface area contributed by atoms with E-state index in [1.165, 1.54) is 11.3 Å². The van der Waals surface area contributed by atoms with Gasteiger partial charge in [0.25, 0.3) is 5.91 Å². The molecule has 1 saturated heterocycles. The van der Waals surface area contributed by atoms with Gasteiger partial charge in [-0.3, -0.25) is 4.79 Å². The highest BCUT2D eigenvalue weighted by Crippen LogP contribution is 2.27. The first kappa shape index (κ1) is 21.0. The van der Waals surface area contributed by atoms with Crippen molar-refractivity contribution in [1.82, 2.24) is 15.5 Å². The Kier molecular flexibility index (Phi) is 7.35. The van der Waals surface area contributed by atoms with Crippen LogP contribution in [0.4, 0.5) is 4.79 Å². The highest BCUT2D eigenvalue weighted by Gasteiger charge is 2.24. The van der Waals surface area contributed by atoms with Crippen LogP contribution in [0.2, 0.25) is 0 Å². The molecule has 1 aromatic heterocycles. The SMILES string of the molecule is COc1ccc(CCNC(=O)N2CCC(NC(=O)c3ccsc3)CC2)cc1OC. The van der Waals surface area contributed by atoms with Crippen molar-refractivity contribution in [3.63, 3.8) is 0 Å². The third-order valence-corrected chi connectivity index (χ3v) is 5.72. The predicted octanol–water partition coefficient (Wildman–Crippen LogP) is 2.91. The molecule has 0 aliphatic carbocycles. The lowest BCUT2D eigenvalue weighted by atomic mass is 10.0. The number of thiophene rings is 1. The molecule has 29 heavy (non-hydrogen) atoms. The van der Waals surface area contributed by atoms with E-state index in [9.17, 15) is 9.59 Å². The summed E-state index contributed by atoms with van der Waals surface area (Å²) in [7, 11) is 3.21. The lowest BCUT2D eigenvalue weighted by Crippen LogP contribution is -2.49. The Morgan fingerprint density at radius 3 is 2.55 bits per heavy atom. The molecule has 0 saturated carbocycles. The normalized spacial score (nSPS) is 14.3. The minimum Gasteiger partial charge on any atom is -0.493 e. The van der Waals surface area contributed by atoms with Crippen LogP contribution >= 0.6 is 11.3 Å². The molecule has 2 N–H and O–H groups in total. The second-order valence-electron chi connectivity index (χ2n) is 6.92. The molecule has 3 rings (SSSR count). The van der Waals surface area contributed by atoms with Crippen molar-refractivity contribution in [2.24, 2.45) is 0 Å². The highest BCUT2D eigenvalue weighted by molar-refractivity contribution is 7.08. The summed E-state index contributed by atoms with van der Waals surface area (Å²) in [5.41, 5.74) is 1.77. The standard InChI is InChI=1S/C21H27N3O4S/c1-27-18-4-3-15(13-19(18)28-2)5-9-22-21(26)24-10-6-17(7-11-24)23-20(25)16-8-12-29-14-16/h3-4,8,12-14,17H,5-7,9-11H2,1-2H3,(H,22,26)(H,23,25). The maximum absolute atomic E-state index is 12.4. The number of ether oxygens (including phenoxy) is 2. The van der Waals surface area contributed by atoms with Gasteiger partial charge in [-0.1, -0.05) is 6.07 Å². The van der Waals surface area contributed by atoms with Crippen LogP contribution in [0, 0.1) is 0 Å². The number of methoxy groups -OCH3 is 2. The monoisotopic (exact) mass is 417 g/mol. The zero-order valence-electron chi connectivity index (χ0n) is 16.8. The van der Waals surface area contributed by atoms with Gasteiger partial charge >= 0.3 is 6.03 Å². The predicted molar refractivity (Wildman–Crippen MR) is 113 cm³/mol. The van der Waals surface area contributed by atoms with Gasteiger partial charge in [0, 0.05) is 36.6 Å². The third kappa shape index (κ3) is 5.63. The smallest absolute Gasteiger partial charge is 0.317 e. The van der Waals surface area contributed by atoms with Gasteiger partial charge in [0.2, 0.25) is 0 Å². The molecule has 156 valence electrons. The summed E-state index contributed by atoms with van der Waals surface area (Å²) in [4.78, 5) is 26.4. The Bertz CT molecular complexity index is 817. The zero-order valence-corrected chi connectivity index (χ0v) is 17.6. The molecule has 7 nitrogen and oxygen atoms in total. The van der Waals surface area contributed by atoms with E-state index in [2.05, 4.69) is 10.6 Å². The summed E-state index contributed by atoms with van der Waals surface area (Å²) in [5.74, 6) is 1.33. The number of rotatable bonds is 7. The molecule has 8 heteroatoms. The van der Waals surface area contributed by atoms with Crippen LogP contribution in [0.15, 0.2) is 35.0 Å². The molecule has 0 radical (unpaired) electrons. The van der Waals surface area contributed by atoms with Gasteiger partial charge in [0.1, 0.15) is 0 Å². The van der Waals surface area contributed by atoms with Crippen LogP contribution in [0.5, 0.6) is 11.5 Å². The van der Waals surface area contributed by atoms with Gasteiger partial charge in [-0.15, -0.1) is 0 Å². The number of carbonyl (C=O) groups is 2. The molecular formula is C21H27N3O4S. The van der Waals surface area contributed by atoms with Gasteiger partial charge in [0.05, 0.1) is 14.2 Å². The van der Waals surface area contributed by atoms with Gasteiger partial charge < -0.3 is 25.0 Å². The fraction of sp³-hybridized carbons (Fsp3) is 0.429. The van der Waals surface area contributed by atoms with E-state index in [-0.39, 0.29) is 18.0 Å². The topological polar surface area (TPSA) is 79.9 Å². The molecule has 3 amide bonds. The maximum Gasteiger partial charge on any atom is 0.317 e.